The molecule has 2 aromatic heterocycles. The number of aliphatic hydroxyl groups excluding tert-OH is 1. The van der Waals surface area contributed by atoms with E-state index in [0.29, 0.717) is 5.75 Å². The van der Waals surface area contributed by atoms with Crippen molar-refractivity contribution in [1.29, 1.82) is 0 Å². The molecule has 0 fully saturated rings. The molecule has 1 unspecified atom stereocenters. The Kier molecular flexibility index (Phi) is 4.28. The molecule has 22 heavy (non-hydrogen) atoms. The average Bonchev–Trinajstić information content (AvgIpc) is 3.07. The highest BCUT2D eigenvalue weighted by molar-refractivity contribution is 7.21. The summed E-state index contributed by atoms with van der Waals surface area (Å²) in [4.78, 5) is 16.3. The molecule has 1 aromatic carbocycles. The Hall–Kier alpha value is -1.70. The van der Waals surface area contributed by atoms with Crippen molar-refractivity contribution in [2.24, 2.45) is 0 Å². The van der Waals surface area contributed by atoms with E-state index in [0.717, 1.165) is 25.3 Å². The Morgan fingerprint density at radius 3 is 3.14 bits per heavy atom. The number of rotatable bonds is 5. The number of thiazole rings is 1. The van der Waals surface area contributed by atoms with Gasteiger partial charge in [0.1, 0.15) is 5.75 Å². The van der Waals surface area contributed by atoms with E-state index in [2.05, 4.69) is 10.3 Å². The molecule has 0 spiro atoms. The van der Waals surface area contributed by atoms with Crippen LogP contribution in [0.1, 0.15) is 11.9 Å². The second-order valence-electron chi connectivity index (χ2n) is 5.06. The van der Waals surface area contributed by atoms with Crippen molar-refractivity contribution in [3.8, 4) is 5.75 Å². The summed E-state index contributed by atoms with van der Waals surface area (Å²) in [6.45, 7) is 3.76. The zero-order valence-electron chi connectivity index (χ0n) is 12.3. The first kappa shape index (κ1) is 15.2. The summed E-state index contributed by atoms with van der Waals surface area (Å²) in [6, 6.07) is 3.92. The molecule has 0 aliphatic carbocycles. The van der Waals surface area contributed by atoms with Crippen LogP contribution in [-0.4, -0.2) is 35.3 Å². The van der Waals surface area contributed by atoms with E-state index in [9.17, 15) is 4.79 Å². The van der Waals surface area contributed by atoms with Gasteiger partial charge in [-0.1, -0.05) is 0 Å². The van der Waals surface area contributed by atoms with Crippen LogP contribution < -0.4 is 10.1 Å². The number of aryl methyl sites for hydroxylation is 1. The van der Waals surface area contributed by atoms with Crippen molar-refractivity contribution in [1.82, 2.24) is 10.3 Å². The summed E-state index contributed by atoms with van der Waals surface area (Å²) in [5.74, 6) is 0.449. The number of thiophene rings is 1. The number of fused-ring (bicyclic) bond motifs is 3. The van der Waals surface area contributed by atoms with Gasteiger partial charge in [-0.15, -0.1) is 22.7 Å². The molecule has 116 valence electrons. The maximum atomic E-state index is 11.7. The van der Waals surface area contributed by atoms with Crippen molar-refractivity contribution in [3.05, 3.63) is 22.5 Å². The minimum Gasteiger partial charge on any atom is -0.483 e. The van der Waals surface area contributed by atoms with Crippen molar-refractivity contribution in [2.45, 2.75) is 20.0 Å². The third kappa shape index (κ3) is 3.06. The minimum absolute atomic E-state index is 0.0685. The predicted molar refractivity (Wildman–Crippen MR) is 89.9 cm³/mol. The molecule has 3 aromatic rings. The molecule has 0 saturated carbocycles. The van der Waals surface area contributed by atoms with Crippen molar-refractivity contribution in [3.63, 3.8) is 0 Å². The number of ether oxygens (including phenoxy) is 1. The second-order valence-corrected chi connectivity index (χ2v) is 7.21. The second kappa shape index (κ2) is 6.20. The molecule has 5 nitrogen and oxygen atoms in total. The van der Waals surface area contributed by atoms with Crippen LogP contribution in [0, 0.1) is 6.92 Å². The fourth-order valence-electron chi connectivity index (χ4n) is 2.16. The molecule has 2 N–H and O–H groups in total. The summed E-state index contributed by atoms with van der Waals surface area (Å²) < 4.78 is 7.83. The van der Waals surface area contributed by atoms with E-state index in [1.807, 2.05) is 24.4 Å². The highest BCUT2D eigenvalue weighted by Crippen LogP contribution is 2.38. The number of nitrogens with one attached hydrogen (secondary N) is 1. The molecular formula is C15H16N2O3S2. The first-order chi connectivity index (χ1) is 10.5. The van der Waals surface area contributed by atoms with Crippen LogP contribution >= 0.6 is 22.7 Å². The Labute approximate surface area is 135 Å². The number of hydrogen-bond acceptors (Lipinski definition) is 6. The number of aliphatic hydroxyl groups is 1. The largest absolute Gasteiger partial charge is 0.483 e. The fourth-order valence-corrected chi connectivity index (χ4v) is 4.00. The molecule has 0 saturated heterocycles. The number of aromatic nitrogens is 1. The van der Waals surface area contributed by atoms with Gasteiger partial charge in [-0.3, -0.25) is 4.79 Å². The number of hydrogen-bond donors (Lipinski definition) is 2. The molecule has 0 aliphatic heterocycles. The molecule has 0 aliphatic rings. The van der Waals surface area contributed by atoms with E-state index in [4.69, 9.17) is 9.84 Å². The zero-order valence-corrected chi connectivity index (χ0v) is 13.9. The van der Waals surface area contributed by atoms with Crippen molar-refractivity contribution in [2.75, 3.05) is 13.2 Å². The Balaban J connectivity index is 1.83. The average molecular weight is 336 g/mol. The van der Waals surface area contributed by atoms with Crippen LogP contribution in [-0.2, 0) is 4.79 Å². The zero-order chi connectivity index (χ0) is 15.7. The van der Waals surface area contributed by atoms with E-state index < -0.39 is 6.10 Å². The molecule has 2 heterocycles. The van der Waals surface area contributed by atoms with Crippen LogP contribution in [0.15, 0.2) is 17.5 Å². The number of amides is 1. The van der Waals surface area contributed by atoms with Gasteiger partial charge in [0, 0.05) is 18.0 Å². The Morgan fingerprint density at radius 2 is 2.36 bits per heavy atom. The Bertz CT molecular complexity index is 823. The van der Waals surface area contributed by atoms with Crippen molar-refractivity contribution >= 4 is 48.9 Å². The first-order valence-corrected chi connectivity index (χ1v) is 8.59. The van der Waals surface area contributed by atoms with Gasteiger partial charge >= 0.3 is 0 Å². The van der Waals surface area contributed by atoms with Crippen molar-refractivity contribution < 1.29 is 14.6 Å². The summed E-state index contributed by atoms with van der Waals surface area (Å²) >= 11 is 3.24. The van der Waals surface area contributed by atoms with Gasteiger partial charge in [0.25, 0.3) is 5.91 Å². The standard InChI is InChI=1S/C15H16N2O3S2/c1-8(18)6-16-13(19)7-20-11-5-12-14(17-9(2)22-12)15-10(11)3-4-21-15/h3-5,8,18H,6-7H2,1-2H3,(H,16,19). The predicted octanol–water partition coefficient (Wildman–Crippen LogP) is 2.70. The van der Waals surface area contributed by atoms with E-state index in [1.54, 1.807) is 29.6 Å². The van der Waals surface area contributed by atoms with Gasteiger partial charge in [0.2, 0.25) is 0 Å². The molecule has 1 atom stereocenters. The van der Waals surface area contributed by atoms with Crippen LogP contribution in [0.5, 0.6) is 5.75 Å². The van der Waals surface area contributed by atoms with E-state index in [1.165, 1.54) is 0 Å². The summed E-state index contributed by atoms with van der Waals surface area (Å²) in [6.07, 6.45) is -0.566. The minimum atomic E-state index is -0.566. The topological polar surface area (TPSA) is 71.5 Å². The van der Waals surface area contributed by atoms with Gasteiger partial charge in [0.05, 0.1) is 26.0 Å². The number of carbonyl (C=O) groups is 1. The van der Waals surface area contributed by atoms with Crippen LogP contribution in [0.3, 0.4) is 0 Å². The highest BCUT2D eigenvalue weighted by atomic mass is 32.1. The van der Waals surface area contributed by atoms with Gasteiger partial charge in [-0.2, -0.15) is 0 Å². The molecular weight excluding hydrogens is 320 g/mol. The molecule has 3 rings (SSSR count). The summed E-state index contributed by atoms with van der Waals surface area (Å²) in [7, 11) is 0. The lowest BCUT2D eigenvalue weighted by Gasteiger charge is -2.09. The fraction of sp³-hybridized carbons (Fsp3) is 0.333. The SMILES string of the molecule is Cc1nc2c(cc(OCC(=O)NCC(C)O)c3ccsc32)s1. The number of benzene rings is 1. The monoisotopic (exact) mass is 336 g/mol. The molecule has 0 bridgehead atoms. The summed E-state index contributed by atoms with van der Waals surface area (Å²) in [5.41, 5.74) is 0.999. The van der Waals surface area contributed by atoms with Crippen LogP contribution in [0.25, 0.3) is 20.3 Å². The first-order valence-electron chi connectivity index (χ1n) is 6.89. The van der Waals surface area contributed by atoms with E-state index >= 15 is 0 Å². The molecule has 7 heteroatoms. The highest BCUT2D eigenvalue weighted by Gasteiger charge is 2.13. The number of nitrogens with zero attached hydrogens (tertiary/aromatic N) is 1. The molecule has 1 amide bonds. The maximum absolute atomic E-state index is 11.7. The van der Waals surface area contributed by atoms with Crippen LogP contribution in [0.4, 0.5) is 0 Å². The lowest BCUT2D eigenvalue weighted by molar-refractivity contribution is -0.123. The summed E-state index contributed by atoms with van der Waals surface area (Å²) in [5, 5.41) is 15.8. The third-order valence-electron chi connectivity index (χ3n) is 3.12. The third-order valence-corrected chi connectivity index (χ3v) is 4.96. The Morgan fingerprint density at radius 1 is 1.55 bits per heavy atom. The molecule has 0 radical (unpaired) electrons. The van der Waals surface area contributed by atoms with E-state index in [-0.39, 0.29) is 19.1 Å². The lowest BCUT2D eigenvalue weighted by atomic mass is 10.2. The smallest absolute Gasteiger partial charge is 0.258 e. The lowest BCUT2D eigenvalue weighted by Crippen LogP contribution is -2.34. The maximum Gasteiger partial charge on any atom is 0.258 e. The number of carbonyl (C=O) groups excluding carboxylic acids is 1. The van der Waals surface area contributed by atoms with Gasteiger partial charge in [-0.05, 0) is 25.3 Å². The normalized spacial score (nSPS) is 12.7. The van der Waals surface area contributed by atoms with Gasteiger partial charge in [-0.25, -0.2) is 4.98 Å². The van der Waals surface area contributed by atoms with Crippen LogP contribution in [0.2, 0.25) is 0 Å². The van der Waals surface area contributed by atoms with Gasteiger partial charge < -0.3 is 15.2 Å². The van der Waals surface area contributed by atoms with Gasteiger partial charge in [0.15, 0.2) is 6.61 Å². The quantitative estimate of drug-likeness (QED) is 0.751.